The number of ether oxygens (including phenoxy) is 2. The van der Waals surface area contributed by atoms with E-state index in [0.717, 1.165) is 0 Å². The number of rotatable bonds is 4. The third-order valence-corrected chi connectivity index (χ3v) is 1.96. The van der Waals surface area contributed by atoms with Crippen LogP contribution in [0.4, 0.5) is 0 Å². The molecular weight excluding hydrogens is 208 g/mol. The molecule has 82 valence electrons. The Kier molecular flexibility index (Phi) is 3.28. The number of carbonyl (C=O) groups is 1. The molecule has 0 spiro atoms. The summed E-state index contributed by atoms with van der Waals surface area (Å²) in [7, 11) is 0. The maximum Gasteiger partial charge on any atom is 0.209 e. The van der Waals surface area contributed by atoms with Crippen molar-refractivity contribution in [3.63, 3.8) is 0 Å². The minimum atomic E-state index is -0.672. The summed E-state index contributed by atoms with van der Waals surface area (Å²) >= 11 is 0. The van der Waals surface area contributed by atoms with Gasteiger partial charge in [-0.15, -0.1) is 0 Å². The van der Waals surface area contributed by atoms with Crippen molar-refractivity contribution >= 4 is 6.29 Å². The minimum absolute atomic E-state index is 0.216. The zero-order valence-electron chi connectivity index (χ0n) is 8.45. The summed E-state index contributed by atoms with van der Waals surface area (Å²) in [6, 6.07) is 1.73. The van der Waals surface area contributed by atoms with E-state index < -0.39 is 6.10 Å². The van der Waals surface area contributed by atoms with Gasteiger partial charge in [-0.05, 0) is 18.2 Å². The summed E-state index contributed by atoms with van der Waals surface area (Å²) in [5.41, 5.74) is 0. The molecule has 0 saturated carbocycles. The van der Waals surface area contributed by atoms with Gasteiger partial charge in [-0.1, -0.05) is 0 Å². The van der Waals surface area contributed by atoms with Gasteiger partial charge < -0.3 is 9.47 Å². The number of hydrogen-bond donors (Lipinski definition) is 0. The van der Waals surface area contributed by atoms with Gasteiger partial charge in [0.25, 0.3) is 0 Å². The van der Waals surface area contributed by atoms with E-state index in [0.29, 0.717) is 17.9 Å². The highest BCUT2D eigenvalue weighted by Gasteiger charge is 2.17. The topological polar surface area (TPSA) is 61.3 Å². The molecule has 0 bridgehead atoms. The molecule has 0 N–H and O–H groups in total. The summed E-state index contributed by atoms with van der Waals surface area (Å²) in [5, 5.41) is 0. The molecule has 1 atom stereocenters. The van der Waals surface area contributed by atoms with Crippen LogP contribution in [-0.4, -0.2) is 22.4 Å². The average Bonchev–Trinajstić information content (AvgIpc) is 2.38. The van der Waals surface area contributed by atoms with Crippen molar-refractivity contribution in [1.29, 1.82) is 0 Å². The molecule has 5 nitrogen and oxygen atoms in total. The predicted octanol–water partition coefficient (Wildman–Crippen LogP) is 0.988. The zero-order chi connectivity index (χ0) is 11.2. The zero-order valence-corrected chi connectivity index (χ0v) is 8.45. The molecule has 1 aromatic rings. The molecule has 1 unspecified atom stereocenters. The fraction of sp³-hybridized carbons (Fsp3) is 0.182. The molecule has 1 aliphatic rings. The van der Waals surface area contributed by atoms with Crippen LogP contribution in [0.1, 0.15) is 5.82 Å². The first kappa shape index (κ1) is 10.4. The molecule has 0 fully saturated rings. The summed E-state index contributed by atoms with van der Waals surface area (Å²) in [5.74, 6) is 1.02. The third kappa shape index (κ3) is 2.44. The Morgan fingerprint density at radius 2 is 2.25 bits per heavy atom. The summed E-state index contributed by atoms with van der Waals surface area (Å²) < 4.78 is 10.4. The van der Waals surface area contributed by atoms with Crippen molar-refractivity contribution in [2.45, 2.75) is 12.7 Å². The number of aromatic nitrogens is 2. The van der Waals surface area contributed by atoms with Crippen LogP contribution in [0.2, 0.25) is 0 Å². The monoisotopic (exact) mass is 218 g/mol. The lowest BCUT2D eigenvalue weighted by atomic mass is 10.2. The van der Waals surface area contributed by atoms with Crippen LogP contribution in [-0.2, 0) is 20.9 Å². The van der Waals surface area contributed by atoms with Gasteiger partial charge in [0.1, 0.15) is 12.4 Å². The SMILES string of the molecule is O=CC1OC=CC=C1OCc1ncccn1. The Morgan fingerprint density at radius 1 is 1.44 bits per heavy atom. The lowest BCUT2D eigenvalue weighted by Gasteiger charge is -2.17. The van der Waals surface area contributed by atoms with Gasteiger partial charge in [0, 0.05) is 12.4 Å². The highest BCUT2D eigenvalue weighted by atomic mass is 16.5. The molecule has 2 heterocycles. The van der Waals surface area contributed by atoms with Gasteiger partial charge in [-0.2, -0.15) is 0 Å². The first-order valence-corrected chi connectivity index (χ1v) is 4.76. The number of allylic oxidation sites excluding steroid dienone is 2. The lowest BCUT2D eigenvalue weighted by molar-refractivity contribution is -0.115. The van der Waals surface area contributed by atoms with E-state index in [1.165, 1.54) is 6.26 Å². The highest BCUT2D eigenvalue weighted by molar-refractivity contribution is 5.61. The molecule has 5 heteroatoms. The second-order valence-corrected chi connectivity index (χ2v) is 3.04. The Labute approximate surface area is 92.4 Å². The third-order valence-electron chi connectivity index (χ3n) is 1.96. The first-order chi connectivity index (χ1) is 7.90. The van der Waals surface area contributed by atoms with Crippen LogP contribution in [0.3, 0.4) is 0 Å². The summed E-state index contributed by atoms with van der Waals surface area (Å²) in [4.78, 5) is 18.7. The van der Waals surface area contributed by atoms with Crippen molar-refractivity contribution in [1.82, 2.24) is 9.97 Å². The van der Waals surface area contributed by atoms with Crippen molar-refractivity contribution in [3.05, 3.63) is 48.5 Å². The van der Waals surface area contributed by atoms with Crippen LogP contribution in [0, 0.1) is 0 Å². The fourth-order valence-corrected chi connectivity index (χ4v) is 1.21. The fourth-order valence-electron chi connectivity index (χ4n) is 1.21. The van der Waals surface area contributed by atoms with Crippen molar-refractivity contribution in [2.24, 2.45) is 0 Å². The maximum atomic E-state index is 10.7. The molecule has 1 aromatic heterocycles. The van der Waals surface area contributed by atoms with E-state index in [4.69, 9.17) is 9.47 Å². The Hall–Kier alpha value is -2.17. The molecule has 16 heavy (non-hydrogen) atoms. The van der Waals surface area contributed by atoms with Crippen molar-refractivity contribution in [3.8, 4) is 0 Å². The van der Waals surface area contributed by atoms with Gasteiger partial charge in [0.15, 0.2) is 12.1 Å². The molecule has 2 rings (SSSR count). The maximum absolute atomic E-state index is 10.7. The van der Waals surface area contributed by atoms with Crippen LogP contribution >= 0.6 is 0 Å². The molecule has 1 aliphatic heterocycles. The highest BCUT2D eigenvalue weighted by Crippen LogP contribution is 2.13. The predicted molar refractivity (Wildman–Crippen MR) is 55.0 cm³/mol. The van der Waals surface area contributed by atoms with Crippen LogP contribution in [0.15, 0.2) is 42.6 Å². The van der Waals surface area contributed by atoms with Gasteiger partial charge >= 0.3 is 0 Å². The van der Waals surface area contributed by atoms with Gasteiger partial charge in [-0.25, -0.2) is 9.97 Å². The number of carbonyl (C=O) groups excluding carboxylic acids is 1. The Morgan fingerprint density at radius 3 is 3.00 bits per heavy atom. The molecular formula is C11H10N2O3. The van der Waals surface area contributed by atoms with Crippen LogP contribution < -0.4 is 0 Å². The van der Waals surface area contributed by atoms with E-state index in [1.807, 2.05) is 0 Å². The molecule has 0 amide bonds. The Bertz CT molecular complexity index is 414. The number of nitrogens with zero attached hydrogens (tertiary/aromatic N) is 2. The van der Waals surface area contributed by atoms with Crippen molar-refractivity contribution in [2.75, 3.05) is 0 Å². The smallest absolute Gasteiger partial charge is 0.209 e. The number of aldehydes is 1. The average molecular weight is 218 g/mol. The second kappa shape index (κ2) is 5.06. The minimum Gasteiger partial charge on any atom is -0.486 e. The molecule has 0 saturated heterocycles. The summed E-state index contributed by atoms with van der Waals surface area (Å²) in [6.45, 7) is 0.216. The van der Waals surface area contributed by atoms with Crippen molar-refractivity contribution < 1.29 is 14.3 Å². The quantitative estimate of drug-likeness (QED) is 0.705. The number of hydrogen-bond acceptors (Lipinski definition) is 5. The largest absolute Gasteiger partial charge is 0.486 e. The molecule has 0 aliphatic carbocycles. The van der Waals surface area contributed by atoms with Gasteiger partial charge in [-0.3, -0.25) is 4.79 Å². The molecule has 0 aromatic carbocycles. The standard InChI is InChI=1S/C11H10N2O3/c14-7-10-9(3-1-6-15-10)16-8-11-12-4-2-5-13-11/h1-7,10H,8H2. The van der Waals surface area contributed by atoms with E-state index in [1.54, 1.807) is 30.6 Å². The van der Waals surface area contributed by atoms with Gasteiger partial charge in [0.2, 0.25) is 6.10 Å². The first-order valence-electron chi connectivity index (χ1n) is 4.76. The van der Waals surface area contributed by atoms with E-state index in [-0.39, 0.29) is 6.61 Å². The van der Waals surface area contributed by atoms with Crippen LogP contribution in [0.25, 0.3) is 0 Å². The van der Waals surface area contributed by atoms with E-state index in [9.17, 15) is 4.79 Å². The lowest BCUT2D eigenvalue weighted by Crippen LogP contribution is -2.19. The second-order valence-electron chi connectivity index (χ2n) is 3.04. The Balaban J connectivity index is 1.97. The van der Waals surface area contributed by atoms with Gasteiger partial charge in [0.05, 0.1) is 6.26 Å². The summed E-state index contributed by atoms with van der Waals surface area (Å²) in [6.07, 6.45) is 8.08. The van der Waals surface area contributed by atoms with E-state index >= 15 is 0 Å². The molecule has 0 radical (unpaired) electrons. The van der Waals surface area contributed by atoms with Crippen LogP contribution in [0.5, 0.6) is 0 Å². The van der Waals surface area contributed by atoms with E-state index in [2.05, 4.69) is 9.97 Å². The normalized spacial score (nSPS) is 18.5.